The monoisotopic (exact) mass is 309 g/mol. The van der Waals surface area contributed by atoms with Crippen molar-refractivity contribution in [3.05, 3.63) is 28.9 Å². The minimum absolute atomic E-state index is 0.571. The predicted molar refractivity (Wildman–Crippen MR) is 73.6 cm³/mol. The van der Waals surface area contributed by atoms with Gasteiger partial charge in [0.2, 0.25) is 5.95 Å². The molecule has 0 radical (unpaired) electrons. The molecule has 2 heterocycles. The van der Waals surface area contributed by atoms with Gasteiger partial charge in [0.25, 0.3) is 0 Å². The van der Waals surface area contributed by atoms with Crippen LogP contribution in [0.2, 0.25) is 0 Å². The first kappa shape index (κ1) is 11.8. The Hall–Kier alpha value is -1.23. The van der Waals surface area contributed by atoms with Gasteiger partial charge in [-0.25, -0.2) is 14.4 Å². The highest BCUT2D eigenvalue weighted by molar-refractivity contribution is 9.10. The Labute approximate surface area is 113 Å². The SMILES string of the molecule is FC1CCN(c2ncc3cc(Br)ccc3n2)CC1. The van der Waals surface area contributed by atoms with Crippen molar-refractivity contribution >= 4 is 32.8 Å². The highest BCUT2D eigenvalue weighted by Crippen LogP contribution is 2.22. The maximum atomic E-state index is 13.1. The lowest BCUT2D eigenvalue weighted by Gasteiger charge is -2.28. The highest BCUT2D eigenvalue weighted by atomic mass is 79.9. The van der Waals surface area contributed by atoms with Crippen molar-refractivity contribution in [2.75, 3.05) is 18.0 Å². The average molecular weight is 310 g/mol. The minimum Gasteiger partial charge on any atom is -0.341 e. The van der Waals surface area contributed by atoms with E-state index in [9.17, 15) is 4.39 Å². The van der Waals surface area contributed by atoms with Gasteiger partial charge >= 0.3 is 0 Å². The van der Waals surface area contributed by atoms with Crippen molar-refractivity contribution in [2.45, 2.75) is 19.0 Å². The zero-order chi connectivity index (χ0) is 12.5. The lowest BCUT2D eigenvalue weighted by Crippen LogP contribution is -2.35. The number of fused-ring (bicyclic) bond motifs is 1. The van der Waals surface area contributed by atoms with Crippen molar-refractivity contribution in [1.82, 2.24) is 9.97 Å². The molecule has 0 N–H and O–H groups in total. The number of halogens is 2. The van der Waals surface area contributed by atoms with E-state index in [0.717, 1.165) is 15.4 Å². The topological polar surface area (TPSA) is 29.0 Å². The number of piperidine rings is 1. The van der Waals surface area contributed by atoms with Gasteiger partial charge in [-0.2, -0.15) is 0 Å². The first-order valence-electron chi connectivity index (χ1n) is 6.04. The van der Waals surface area contributed by atoms with Crippen molar-refractivity contribution in [2.24, 2.45) is 0 Å². The number of benzene rings is 1. The molecule has 1 fully saturated rings. The first-order chi connectivity index (χ1) is 8.72. The molecule has 1 aliphatic heterocycles. The molecule has 3 rings (SSSR count). The maximum Gasteiger partial charge on any atom is 0.225 e. The highest BCUT2D eigenvalue weighted by Gasteiger charge is 2.20. The van der Waals surface area contributed by atoms with Crippen LogP contribution >= 0.6 is 15.9 Å². The quantitative estimate of drug-likeness (QED) is 0.809. The number of alkyl halides is 1. The van der Waals surface area contributed by atoms with Crippen LogP contribution in [0.1, 0.15) is 12.8 Å². The van der Waals surface area contributed by atoms with E-state index in [1.165, 1.54) is 0 Å². The molecule has 1 aliphatic rings. The summed E-state index contributed by atoms with van der Waals surface area (Å²) in [5.41, 5.74) is 0.922. The molecule has 1 aromatic heterocycles. The third kappa shape index (κ3) is 2.32. The fourth-order valence-corrected chi connectivity index (χ4v) is 2.57. The van der Waals surface area contributed by atoms with Gasteiger partial charge < -0.3 is 4.90 Å². The van der Waals surface area contributed by atoms with E-state index in [2.05, 4.69) is 30.8 Å². The fourth-order valence-electron chi connectivity index (χ4n) is 2.19. The molecule has 18 heavy (non-hydrogen) atoms. The predicted octanol–water partition coefficient (Wildman–Crippen LogP) is 3.33. The molecular weight excluding hydrogens is 297 g/mol. The van der Waals surface area contributed by atoms with Gasteiger partial charge in [0.05, 0.1) is 5.52 Å². The van der Waals surface area contributed by atoms with Gasteiger partial charge in [0, 0.05) is 29.1 Å². The van der Waals surface area contributed by atoms with Crippen LogP contribution in [0.5, 0.6) is 0 Å². The number of nitrogens with zero attached hydrogens (tertiary/aromatic N) is 3. The van der Waals surface area contributed by atoms with Crippen LogP contribution in [0.3, 0.4) is 0 Å². The van der Waals surface area contributed by atoms with E-state index in [-0.39, 0.29) is 0 Å². The van der Waals surface area contributed by atoms with Gasteiger partial charge in [0.15, 0.2) is 0 Å². The number of rotatable bonds is 1. The molecule has 1 saturated heterocycles. The Morgan fingerprint density at radius 1 is 1.28 bits per heavy atom. The second kappa shape index (κ2) is 4.80. The van der Waals surface area contributed by atoms with Crippen molar-refractivity contribution < 1.29 is 4.39 Å². The Balaban J connectivity index is 1.91. The van der Waals surface area contributed by atoms with Crippen LogP contribution in [-0.2, 0) is 0 Å². The standard InChI is InChI=1S/C13H13BrFN3/c14-10-1-2-12-9(7-10)8-16-13(17-12)18-5-3-11(15)4-6-18/h1-2,7-8,11H,3-6H2. The van der Waals surface area contributed by atoms with Crippen LogP contribution in [0.25, 0.3) is 10.9 Å². The van der Waals surface area contributed by atoms with Gasteiger partial charge in [-0.05, 0) is 31.0 Å². The summed E-state index contributed by atoms with van der Waals surface area (Å²) in [5.74, 6) is 0.705. The number of aromatic nitrogens is 2. The molecule has 0 amide bonds. The molecule has 94 valence electrons. The molecular formula is C13H13BrFN3. The Kier molecular flexibility index (Phi) is 3.16. The van der Waals surface area contributed by atoms with Crippen molar-refractivity contribution in [1.29, 1.82) is 0 Å². The summed E-state index contributed by atoms with van der Waals surface area (Å²) in [6, 6.07) is 5.92. The largest absolute Gasteiger partial charge is 0.341 e. The lowest BCUT2D eigenvalue weighted by molar-refractivity contribution is 0.276. The normalized spacial score (nSPS) is 17.3. The summed E-state index contributed by atoms with van der Waals surface area (Å²) in [6.45, 7) is 1.40. The van der Waals surface area contributed by atoms with E-state index < -0.39 is 6.17 Å². The average Bonchev–Trinajstić information content (AvgIpc) is 2.39. The van der Waals surface area contributed by atoms with Gasteiger partial charge in [-0.3, -0.25) is 0 Å². The summed E-state index contributed by atoms with van der Waals surface area (Å²) in [4.78, 5) is 11.0. The van der Waals surface area contributed by atoms with Crippen LogP contribution in [0, 0.1) is 0 Å². The minimum atomic E-state index is -0.669. The summed E-state index contributed by atoms with van der Waals surface area (Å²) >= 11 is 3.43. The molecule has 0 aliphatic carbocycles. The maximum absolute atomic E-state index is 13.1. The van der Waals surface area contributed by atoms with E-state index in [4.69, 9.17) is 0 Å². The smallest absolute Gasteiger partial charge is 0.225 e. The lowest BCUT2D eigenvalue weighted by atomic mass is 10.1. The Morgan fingerprint density at radius 2 is 2.06 bits per heavy atom. The molecule has 0 spiro atoms. The zero-order valence-electron chi connectivity index (χ0n) is 9.81. The molecule has 1 aromatic carbocycles. The molecule has 2 aromatic rings. The van der Waals surface area contributed by atoms with E-state index in [1.54, 1.807) is 0 Å². The zero-order valence-corrected chi connectivity index (χ0v) is 11.4. The van der Waals surface area contributed by atoms with Gasteiger partial charge in [-0.1, -0.05) is 15.9 Å². The summed E-state index contributed by atoms with van der Waals surface area (Å²) in [7, 11) is 0. The number of hydrogen-bond acceptors (Lipinski definition) is 3. The molecule has 0 atom stereocenters. The van der Waals surface area contributed by atoms with E-state index in [1.807, 2.05) is 24.4 Å². The molecule has 3 nitrogen and oxygen atoms in total. The summed E-state index contributed by atoms with van der Waals surface area (Å²) in [6.07, 6.45) is 2.30. The van der Waals surface area contributed by atoms with Gasteiger partial charge in [0.1, 0.15) is 6.17 Å². The van der Waals surface area contributed by atoms with Crippen LogP contribution in [-0.4, -0.2) is 29.2 Å². The second-order valence-electron chi connectivity index (χ2n) is 4.53. The Bertz CT molecular complexity index is 567. The number of hydrogen-bond donors (Lipinski definition) is 0. The number of anilines is 1. The van der Waals surface area contributed by atoms with E-state index in [0.29, 0.717) is 31.9 Å². The van der Waals surface area contributed by atoms with E-state index >= 15 is 0 Å². The van der Waals surface area contributed by atoms with Gasteiger partial charge in [-0.15, -0.1) is 0 Å². The second-order valence-corrected chi connectivity index (χ2v) is 5.45. The summed E-state index contributed by atoms with van der Waals surface area (Å²) < 4.78 is 14.1. The van der Waals surface area contributed by atoms with Crippen molar-refractivity contribution in [3.63, 3.8) is 0 Å². The van der Waals surface area contributed by atoms with Crippen LogP contribution < -0.4 is 4.90 Å². The van der Waals surface area contributed by atoms with Crippen LogP contribution in [0.4, 0.5) is 10.3 Å². The summed E-state index contributed by atoms with van der Waals surface area (Å²) in [5, 5.41) is 1.01. The fraction of sp³-hybridized carbons (Fsp3) is 0.385. The molecule has 0 unspecified atom stereocenters. The van der Waals surface area contributed by atoms with Crippen molar-refractivity contribution in [3.8, 4) is 0 Å². The Morgan fingerprint density at radius 3 is 2.83 bits per heavy atom. The van der Waals surface area contributed by atoms with Crippen LogP contribution in [0.15, 0.2) is 28.9 Å². The molecule has 0 saturated carbocycles. The molecule has 0 bridgehead atoms. The third-order valence-corrected chi connectivity index (χ3v) is 3.73. The first-order valence-corrected chi connectivity index (χ1v) is 6.83. The third-order valence-electron chi connectivity index (χ3n) is 3.24. The molecule has 5 heteroatoms.